The SMILES string of the molecule is CCN(C)CCN=CN=C(NC(N)=Nc1ncc(-c2ccccc2)s1)Nc1ccccc1. The molecule has 3 rings (SSSR count). The van der Waals surface area contributed by atoms with Crippen molar-refractivity contribution in [2.24, 2.45) is 20.7 Å². The lowest BCUT2D eigenvalue weighted by molar-refractivity contribution is 0.363. The van der Waals surface area contributed by atoms with Crippen molar-refractivity contribution in [3.05, 3.63) is 66.9 Å². The number of rotatable bonds is 8. The van der Waals surface area contributed by atoms with Gasteiger partial charge in [-0.2, -0.15) is 4.99 Å². The van der Waals surface area contributed by atoms with Crippen LogP contribution in [0.25, 0.3) is 10.4 Å². The Morgan fingerprint density at radius 3 is 2.56 bits per heavy atom. The molecule has 1 aromatic heterocycles. The highest BCUT2D eigenvalue weighted by molar-refractivity contribution is 7.18. The highest BCUT2D eigenvalue weighted by Crippen LogP contribution is 2.30. The molecule has 0 radical (unpaired) electrons. The van der Waals surface area contributed by atoms with Gasteiger partial charge in [-0.15, -0.1) is 0 Å². The van der Waals surface area contributed by atoms with Gasteiger partial charge in [0.2, 0.25) is 17.1 Å². The predicted molar refractivity (Wildman–Crippen MR) is 136 cm³/mol. The van der Waals surface area contributed by atoms with E-state index in [1.165, 1.54) is 17.7 Å². The van der Waals surface area contributed by atoms with Gasteiger partial charge in [0, 0.05) is 18.4 Å². The summed E-state index contributed by atoms with van der Waals surface area (Å²) in [6.07, 6.45) is 3.31. The Bertz CT molecular complexity index is 1040. The molecule has 0 aliphatic rings. The topological polar surface area (TPSA) is 103 Å². The second-order valence-corrected chi connectivity index (χ2v) is 7.89. The van der Waals surface area contributed by atoms with Gasteiger partial charge >= 0.3 is 0 Å². The molecular formula is C23H28N8S. The van der Waals surface area contributed by atoms with Crippen LogP contribution < -0.4 is 16.4 Å². The van der Waals surface area contributed by atoms with E-state index >= 15 is 0 Å². The molecule has 0 saturated carbocycles. The minimum Gasteiger partial charge on any atom is -0.369 e. The lowest BCUT2D eigenvalue weighted by Gasteiger charge is -2.11. The highest BCUT2D eigenvalue weighted by atomic mass is 32.1. The average molecular weight is 449 g/mol. The van der Waals surface area contributed by atoms with Crippen LogP contribution in [-0.2, 0) is 0 Å². The summed E-state index contributed by atoms with van der Waals surface area (Å²) < 4.78 is 0. The Balaban J connectivity index is 1.69. The number of nitrogens with one attached hydrogen (secondary N) is 2. The first-order valence-electron chi connectivity index (χ1n) is 10.3. The van der Waals surface area contributed by atoms with Gasteiger partial charge in [-0.05, 0) is 31.3 Å². The van der Waals surface area contributed by atoms with E-state index in [0.717, 1.165) is 29.2 Å². The molecule has 8 nitrogen and oxygen atoms in total. The van der Waals surface area contributed by atoms with E-state index in [2.05, 4.69) is 49.5 Å². The van der Waals surface area contributed by atoms with Crippen LogP contribution in [0.1, 0.15) is 6.92 Å². The fourth-order valence-electron chi connectivity index (χ4n) is 2.60. The van der Waals surface area contributed by atoms with E-state index in [-0.39, 0.29) is 5.96 Å². The predicted octanol–water partition coefficient (Wildman–Crippen LogP) is 3.79. The van der Waals surface area contributed by atoms with Gasteiger partial charge in [0.15, 0.2) is 0 Å². The Labute approximate surface area is 192 Å². The van der Waals surface area contributed by atoms with E-state index in [0.29, 0.717) is 17.6 Å². The Morgan fingerprint density at radius 2 is 1.84 bits per heavy atom. The second kappa shape index (κ2) is 12.3. The van der Waals surface area contributed by atoms with Crippen molar-refractivity contribution in [3.8, 4) is 10.4 Å². The monoisotopic (exact) mass is 448 g/mol. The number of likely N-dealkylation sites (N-methyl/N-ethyl adjacent to an activating group) is 1. The summed E-state index contributed by atoms with van der Waals surface area (Å²) in [4.78, 5) is 20.7. The maximum absolute atomic E-state index is 6.13. The molecule has 0 aliphatic heterocycles. The molecule has 2 aromatic carbocycles. The van der Waals surface area contributed by atoms with Gasteiger partial charge in [0.1, 0.15) is 6.34 Å². The highest BCUT2D eigenvalue weighted by Gasteiger charge is 2.06. The minimum atomic E-state index is 0.181. The average Bonchev–Trinajstić information content (AvgIpc) is 3.28. The zero-order valence-electron chi connectivity index (χ0n) is 18.3. The maximum Gasteiger partial charge on any atom is 0.212 e. The number of hydrogen-bond donors (Lipinski definition) is 3. The Morgan fingerprint density at radius 1 is 1.12 bits per heavy atom. The molecule has 0 spiro atoms. The smallest absolute Gasteiger partial charge is 0.212 e. The van der Waals surface area contributed by atoms with Gasteiger partial charge in [-0.3, -0.25) is 10.3 Å². The molecule has 0 saturated heterocycles. The van der Waals surface area contributed by atoms with Crippen molar-refractivity contribution in [1.82, 2.24) is 15.2 Å². The standard InChI is InChI=1S/C23H28N8S/c1-3-31(2)15-14-25-17-27-22(28-19-12-8-5-9-13-19)29-21(24)30-23-26-16-20(32-23)18-10-6-4-7-11-18/h4-13,16-17H,3,14-15H2,1-2H3,(H4,24,25,26,27,28,29,30). The third-order valence-corrected chi connectivity index (χ3v) is 5.41. The molecule has 166 valence electrons. The normalized spacial score (nSPS) is 12.5. The van der Waals surface area contributed by atoms with Gasteiger partial charge in [0.05, 0.1) is 11.4 Å². The number of nitrogens with zero attached hydrogens (tertiary/aromatic N) is 5. The molecule has 0 bridgehead atoms. The third-order valence-electron chi connectivity index (χ3n) is 4.47. The van der Waals surface area contributed by atoms with Crippen molar-refractivity contribution >= 4 is 40.4 Å². The van der Waals surface area contributed by atoms with Gasteiger partial charge in [-0.25, -0.2) is 9.98 Å². The third kappa shape index (κ3) is 7.60. The molecular weight excluding hydrogens is 420 g/mol. The first-order valence-corrected chi connectivity index (χ1v) is 11.1. The van der Waals surface area contributed by atoms with Crippen LogP contribution in [0, 0.1) is 0 Å². The van der Waals surface area contributed by atoms with E-state index in [1.54, 1.807) is 6.20 Å². The zero-order chi connectivity index (χ0) is 22.6. The summed E-state index contributed by atoms with van der Waals surface area (Å²) in [6, 6.07) is 19.7. The van der Waals surface area contributed by atoms with Crippen LogP contribution in [0.4, 0.5) is 10.8 Å². The number of benzene rings is 2. The Kier molecular flexibility index (Phi) is 8.91. The van der Waals surface area contributed by atoms with Crippen LogP contribution in [0.15, 0.2) is 81.8 Å². The maximum atomic E-state index is 6.13. The number of thiazole rings is 1. The number of hydrogen-bond acceptors (Lipinski definition) is 5. The van der Waals surface area contributed by atoms with Gasteiger partial charge < -0.3 is 16.0 Å². The summed E-state index contributed by atoms with van der Waals surface area (Å²) >= 11 is 1.46. The molecule has 0 atom stereocenters. The number of aromatic nitrogens is 1. The van der Waals surface area contributed by atoms with Crippen LogP contribution in [0.2, 0.25) is 0 Å². The number of para-hydroxylation sites is 1. The first kappa shape index (κ1) is 23.1. The molecule has 0 amide bonds. The van der Waals surface area contributed by atoms with Gasteiger partial charge in [-0.1, -0.05) is 66.8 Å². The van der Waals surface area contributed by atoms with E-state index < -0.39 is 0 Å². The first-order chi connectivity index (χ1) is 15.6. The van der Waals surface area contributed by atoms with Crippen LogP contribution in [-0.4, -0.2) is 54.8 Å². The fourth-order valence-corrected chi connectivity index (χ4v) is 3.41. The summed E-state index contributed by atoms with van der Waals surface area (Å²) in [6.45, 7) is 4.63. The van der Waals surface area contributed by atoms with E-state index in [1.807, 2.05) is 60.7 Å². The zero-order valence-corrected chi connectivity index (χ0v) is 19.1. The minimum absolute atomic E-state index is 0.181. The molecule has 1 heterocycles. The second-order valence-electron chi connectivity index (χ2n) is 6.88. The number of guanidine groups is 2. The van der Waals surface area contributed by atoms with E-state index in [9.17, 15) is 0 Å². The molecule has 9 heteroatoms. The summed E-state index contributed by atoms with van der Waals surface area (Å²) in [5.41, 5.74) is 8.09. The van der Waals surface area contributed by atoms with Crippen molar-refractivity contribution in [1.29, 1.82) is 0 Å². The molecule has 32 heavy (non-hydrogen) atoms. The molecule has 3 aromatic rings. The molecule has 0 fully saturated rings. The van der Waals surface area contributed by atoms with Crippen molar-refractivity contribution in [3.63, 3.8) is 0 Å². The van der Waals surface area contributed by atoms with E-state index in [4.69, 9.17) is 5.73 Å². The van der Waals surface area contributed by atoms with Crippen molar-refractivity contribution < 1.29 is 0 Å². The van der Waals surface area contributed by atoms with Crippen LogP contribution in [0.3, 0.4) is 0 Å². The number of aliphatic imine (C=N–C) groups is 3. The lowest BCUT2D eigenvalue weighted by Crippen LogP contribution is -2.40. The Hall–Kier alpha value is -3.56. The molecule has 0 unspecified atom stereocenters. The summed E-state index contributed by atoms with van der Waals surface area (Å²) in [7, 11) is 2.06. The number of nitrogens with two attached hydrogens (primary N) is 1. The summed E-state index contributed by atoms with van der Waals surface area (Å²) in [5.74, 6) is 0.602. The number of anilines is 1. The van der Waals surface area contributed by atoms with Crippen LogP contribution >= 0.6 is 11.3 Å². The summed E-state index contributed by atoms with van der Waals surface area (Å²) in [5, 5.41) is 6.76. The largest absolute Gasteiger partial charge is 0.369 e. The van der Waals surface area contributed by atoms with Crippen LogP contribution in [0.5, 0.6) is 0 Å². The molecule has 0 aliphatic carbocycles. The lowest BCUT2D eigenvalue weighted by atomic mass is 10.2. The quantitative estimate of drug-likeness (QED) is 0.359. The van der Waals surface area contributed by atoms with Crippen molar-refractivity contribution in [2.45, 2.75) is 6.92 Å². The molecule has 4 N–H and O–H groups in total. The van der Waals surface area contributed by atoms with Crippen molar-refractivity contribution in [2.75, 3.05) is 32.0 Å². The fraction of sp³-hybridized carbons (Fsp3) is 0.217. The van der Waals surface area contributed by atoms with Gasteiger partial charge in [0.25, 0.3) is 0 Å².